The quantitative estimate of drug-likeness (QED) is 0.881. The molecular formula is C12H17BrN2O2. The maximum atomic E-state index is 11.6. The summed E-state index contributed by atoms with van der Waals surface area (Å²) in [6.45, 7) is 5.88. The molecule has 0 saturated carbocycles. The third-order valence-electron chi connectivity index (χ3n) is 1.90. The number of halogens is 1. The molecule has 0 atom stereocenters. The number of carbonyl (C=O) groups is 1. The number of ether oxygens (including phenoxy) is 1. The van der Waals surface area contributed by atoms with Gasteiger partial charge in [0.15, 0.2) is 0 Å². The molecule has 0 fully saturated rings. The maximum absolute atomic E-state index is 11.6. The van der Waals surface area contributed by atoms with Gasteiger partial charge in [0.05, 0.1) is 5.69 Å². The highest BCUT2D eigenvalue weighted by atomic mass is 79.9. The lowest BCUT2D eigenvalue weighted by Crippen LogP contribution is -2.27. The fraction of sp³-hybridized carbons (Fsp3) is 0.417. The third kappa shape index (κ3) is 4.75. The lowest BCUT2D eigenvalue weighted by molar-refractivity contribution is 0.0636. The smallest absolute Gasteiger partial charge is 0.412 e. The van der Waals surface area contributed by atoms with Crippen LogP contribution in [0.25, 0.3) is 0 Å². The van der Waals surface area contributed by atoms with Crippen molar-refractivity contribution in [3.8, 4) is 0 Å². The summed E-state index contributed by atoms with van der Waals surface area (Å²) < 4.78 is 5.96. The summed E-state index contributed by atoms with van der Waals surface area (Å²) in [5.74, 6) is 0. The molecule has 0 aliphatic heterocycles. The normalized spacial score (nSPS) is 11.1. The highest BCUT2D eigenvalue weighted by molar-refractivity contribution is 9.10. The fourth-order valence-corrected chi connectivity index (χ4v) is 1.55. The number of carbonyl (C=O) groups excluding carboxylic acids is 1. The van der Waals surface area contributed by atoms with Crippen LogP contribution >= 0.6 is 15.9 Å². The van der Waals surface area contributed by atoms with E-state index in [9.17, 15) is 4.79 Å². The van der Waals surface area contributed by atoms with Crippen molar-refractivity contribution in [1.82, 2.24) is 0 Å². The van der Waals surface area contributed by atoms with E-state index in [0.29, 0.717) is 12.2 Å². The number of hydrogen-bond acceptors (Lipinski definition) is 3. The predicted molar refractivity (Wildman–Crippen MR) is 71.9 cm³/mol. The van der Waals surface area contributed by atoms with E-state index in [2.05, 4.69) is 21.2 Å². The van der Waals surface area contributed by atoms with Crippen molar-refractivity contribution < 1.29 is 9.53 Å². The largest absolute Gasteiger partial charge is 0.444 e. The third-order valence-corrected chi connectivity index (χ3v) is 2.59. The molecule has 17 heavy (non-hydrogen) atoms. The standard InChI is InChI=1S/C12H17BrN2O2/c1-12(2,3)17-11(16)15-10-6-8(7-14)4-5-9(10)13/h4-6H,7,14H2,1-3H3,(H,15,16). The minimum absolute atomic E-state index is 0.427. The van der Waals surface area contributed by atoms with E-state index in [-0.39, 0.29) is 0 Å². The molecule has 1 aromatic rings. The number of amides is 1. The Balaban J connectivity index is 2.77. The first-order valence-electron chi connectivity index (χ1n) is 5.30. The monoisotopic (exact) mass is 300 g/mol. The molecule has 0 saturated heterocycles. The van der Waals surface area contributed by atoms with E-state index in [4.69, 9.17) is 10.5 Å². The van der Waals surface area contributed by atoms with Gasteiger partial charge in [0, 0.05) is 11.0 Å². The average Bonchev–Trinajstić information content (AvgIpc) is 2.18. The van der Waals surface area contributed by atoms with Crippen LogP contribution in [0.3, 0.4) is 0 Å². The van der Waals surface area contributed by atoms with Crippen molar-refractivity contribution in [1.29, 1.82) is 0 Å². The Morgan fingerprint density at radius 2 is 2.12 bits per heavy atom. The van der Waals surface area contributed by atoms with Crippen LogP contribution in [0.4, 0.5) is 10.5 Å². The van der Waals surface area contributed by atoms with Gasteiger partial charge in [-0.3, -0.25) is 5.32 Å². The van der Waals surface area contributed by atoms with Gasteiger partial charge in [-0.05, 0) is 54.4 Å². The molecule has 0 aromatic heterocycles. The number of anilines is 1. The van der Waals surface area contributed by atoms with E-state index in [1.54, 1.807) is 0 Å². The molecule has 5 heteroatoms. The molecule has 1 rings (SSSR count). The minimum Gasteiger partial charge on any atom is -0.444 e. The van der Waals surface area contributed by atoms with Gasteiger partial charge in [0.2, 0.25) is 0 Å². The van der Waals surface area contributed by atoms with Gasteiger partial charge in [-0.25, -0.2) is 4.79 Å². The Morgan fingerprint density at radius 3 is 2.65 bits per heavy atom. The lowest BCUT2D eigenvalue weighted by atomic mass is 10.2. The summed E-state index contributed by atoms with van der Waals surface area (Å²) in [5.41, 5.74) is 6.63. The Hall–Kier alpha value is -1.07. The van der Waals surface area contributed by atoms with Crippen molar-refractivity contribution in [2.75, 3.05) is 5.32 Å². The van der Waals surface area contributed by atoms with E-state index in [0.717, 1.165) is 10.0 Å². The van der Waals surface area contributed by atoms with Gasteiger partial charge in [-0.1, -0.05) is 6.07 Å². The van der Waals surface area contributed by atoms with Crippen molar-refractivity contribution in [2.45, 2.75) is 32.9 Å². The topological polar surface area (TPSA) is 64.3 Å². The van der Waals surface area contributed by atoms with E-state index in [1.165, 1.54) is 0 Å². The average molecular weight is 301 g/mol. The molecule has 1 aromatic carbocycles. The number of nitrogens with one attached hydrogen (secondary N) is 1. The zero-order valence-corrected chi connectivity index (χ0v) is 11.8. The fourth-order valence-electron chi connectivity index (χ4n) is 1.21. The first-order chi connectivity index (χ1) is 7.81. The second-order valence-corrected chi connectivity index (χ2v) is 5.50. The van der Waals surface area contributed by atoms with Crippen molar-refractivity contribution in [3.05, 3.63) is 28.2 Å². The number of hydrogen-bond donors (Lipinski definition) is 2. The number of nitrogens with two attached hydrogens (primary N) is 1. The van der Waals surface area contributed by atoms with Gasteiger partial charge in [0.25, 0.3) is 0 Å². The molecule has 0 heterocycles. The first kappa shape index (κ1) is 14.0. The van der Waals surface area contributed by atoms with E-state index < -0.39 is 11.7 Å². The van der Waals surface area contributed by atoms with Crippen LogP contribution in [-0.4, -0.2) is 11.7 Å². The van der Waals surface area contributed by atoms with Crippen LogP contribution in [0, 0.1) is 0 Å². The summed E-state index contributed by atoms with van der Waals surface area (Å²) in [4.78, 5) is 11.6. The first-order valence-corrected chi connectivity index (χ1v) is 6.09. The summed E-state index contributed by atoms with van der Waals surface area (Å²) in [6.07, 6.45) is -0.479. The van der Waals surface area contributed by atoms with Crippen molar-refractivity contribution >= 4 is 27.7 Å². The van der Waals surface area contributed by atoms with Gasteiger partial charge < -0.3 is 10.5 Å². The van der Waals surface area contributed by atoms with Crippen molar-refractivity contribution in [3.63, 3.8) is 0 Å². The summed E-state index contributed by atoms with van der Waals surface area (Å²) in [7, 11) is 0. The SMILES string of the molecule is CC(C)(C)OC(=O)Nc1cc(CN)ccc1Br. The van der Waals surface area contributed by atoms with Crippen LogP contribution in [0.1, 0.15) is 26.3 Å². The van der Waals surface area contributed by atoms with Crippen LogP contribution in [-0.2, 0) is 11.3 Å². The highest BCUT2D eigenvalue weighted by Crippen LogP contribution is 2.24. The van der Waals surface area contributed by atoms with Crippen LogP contribution in [0.2, 0.25) is 0 Å². The number of benzene rings is 1. The van der Waals surface area contributed by atoms with E-state index >= 15 is 0 Å². The molecule has 0 aliphatic rings. The molecule has 0 bridgehead atoms. The lowest BCUT2D eigenvalue weighted by Gasteiger charge is -2.20. The van der Waals surface area contributed by atoms with Gasteiger partial charge in [-0.2, -0.15) is 0 Å². The predicted octanol–water partition coefficient (Wildman–Crippen LogP) is 3.25. The Morgan fingerprint density at radius 1 is 1.47 bits per heavy atom. The van der Waals surface area contributed by atoms with Crippen LogP contribution in [0.5, 0.6) is 0 Å². The molecule has 0 unspecified atom stereocenters. The zero-order valence-electron chi connectivity index (χ0n) is 10.2. The highest BCUT2D eigenvalue weighted by Gasteiger charge is 2.16. The number of rotatable bonds is 2. The molecular weight excluding hydrogens is 284 g/mol. The molecule has 0 spiro atoms. The van der Waals surface area contributed by atoms with Crippen molar-refractivity contribution in [2.24, 2.45) is 5.73 Å². The Bertz CT molecular complexity index is 413. The molecule has 1 amide bonds. The van der Waals surface area contributed by atoms with E-state index in [1.807, 2.05) is 39.0 Å². The van der Waals surface area contributed by atoms with Gasteiger partial charge >= 0.3 is 6.09 Å². The summed E-state index contributed by atoms with van der Waals surface area (Å²) >= 11 is 3.36. The minimum atomic E-state index is -0.512. The van der Waals surface area contributed by atoms with Gasteiger partial charge in [0.1, 0.15) is 5.60 Å². The van der Waals surface area contributed by atoms with Crippen LogP contribution < -0.4 is 11.1 Å². The van der Waals surface area contributed by atoms with Crippen LogP contribution in [0.15, 0.2) is 22.7 Å². The summed E-state index contributed by atoms with van der Waals surface area (Å²) in [6, 6.07) is 5.55. The maximum Gasteiger partial charge on any atom is 0.412 e. The summed E-state index contributed by atoms with van der Waals surface area (Å²) in [5, 5.41) is 2.68. The Kier molecular flexibility index (Phi) is 4.54. The second kappa shape index (κ2) is 5.51. The molecule has 0 radical (unpaired) electrons. The second-order valence-electron chi connectivity index (χ2n) is 4.65. The molecule has 4 nitrogen and oxygen atoms in total. The molecule has 3 N–H and O–H groups in total. The zero-order chi connectivity index (χ0) is 13.1. The molecule has 94 valence electrons. The molecule has 0 aliphatic carbocycles. The van der Waals surface area contributed by atoms with Gasteiger partial charge in [-0.15, -0.1) is 0 Å². The Labute approximate surface area is 110 Å².